The fourth-order valence-corrected chi connectivity index (χ4v) is 4.31. The number of H-pyrrole nitrogens is 2. The van der Waals surface area contributed by atoms with Crippen molar-refractivity contribution in [3.8, 4) is 10.6 Å². The van der Waals surface area contributed by atoms with Crippen molar-refractivity contribution in [2.75, 3.05) is 18.5 Å². The van der Waals surface area contributed by atoms with E-state index in [9.17, 15) is 9.59 Å². The van der Waals surface area contributed by atoms with Crippen molar-refractivity contribution in [1.82, 2.24) is 29.9 Å². The van der Waals surface area contributed by atoms with Crippen LogP contribution in [0.4, 0.5) is 5.82 Å². The van der Waals surface area contributed by atoms with Gasteiger partial charge in [0, 0.05) is 30.8 Å². The van der Waals surface area contributed by atoms with Gasteiger partial charge in [-0.3, -0.25) is 4.79 Å². The van der Waals surface area contributed by atoms with Gasteiger partial charge in [0.1, 0.15) is 5.82 Å². The Morgan fingerprint density at radius 2 is 2.21 bits per heavy atom. The van der Waals surface area contributed by atoms with Crippen LogP contribution in [0, 0.1) is 0 Å². The van der Waals surface area contributed by atoms with Crippen LogP contribution in [0.2, 0.25) is 0 Å². The number of aliphatic hydroxyl groups excluding tert-OH is 1. The first-order valence-electron chi connectivity index (χ1n) is 10.7. The van der Waals surface area contributed by atoms with Crippen molar-refractivity contribution in [2.45, 2.75) is 25.3 Å². The molecule has 1 aliphatic carbocycles. The van der Waals surface area contributed by atoms with Crippen LogP contribution in [-0.4, -0.2) is 54.8 Å². The van der Waals surface area contributed by atoms with Crippen LogP contribution in [0.15, 0.2) is 29.2 Å². The van der Waals surface area contributed by atoms with E-state index in [1.165, 1.54) is 11.3 Å². The molecule has 1 amide bonds. The maximum Gasteiger partial charge on any atom is 0.323 e. The van der Waals surface area contributed by atoms with Crippen LogP contribution < -0.4 is 27.0 Å². The molecule has 4 aromatic heterocycles. The number of nitrogens with one attached hydrogen (secondary N) is 4. The Labute approximate surface area is 191 Å². The van der Waals surface area contributed by atoms with Crippen molar-refractivity contribution in [2.24, 2.45) is 0 Å². The molecule has 1 fully saturated rings. The highest BCUT2D eigenvalue weighted by Crippen LogP contribution is 2.32. The average molecular weight is 466 g/mol. The lowest BCUT2D eigenvalue weighted by Gasteiger charge is -2.09. The zero-order valence-corrected chi connectivity index (χ0v) is 18.5. The number of anilines is 1. The SMILES string of the molecule is C=c1[nH]c(=O)[nH]/c1=C\c1cnn2c(NC3CC3)cc(-c3ccc(C(=O)NCCCO)s3)nc12. The van der Waals surface area contributed by atoms with E-state index in [1.54, 1.807) is 22.9 Å². The van der Waals surface area contributed by atoms with Crippen molar-refractivity contribution in [1.29, 1.82) is 0 Å². The number of amides is 1. The van der Waals surface area contributed by atoms with Crippen molar-refractivity contribution >= 4 is 41.4 Å². The molecule has 4 aromatic rings. The van der Waals surface area contributed by atoms with Gasteiger partial charge in [-0.15, -0.1) is 11.3 Å². The number of carbonyl (C=O) groups is 1. The van der Waals surface area contributed by atoms with Crippen molar-refractivity contribution in [3.05, 3.63) is 56.0 Å². The second-order valence-corrected chi connectivity index (χ2v) is 8.98. The summed E-state index contributed by atoms with van der Waals surface area (Å²) in [4.78, 5) is 35.6. The van der Waals surface area contributed by atoms with E-state index in [4.69, 9.17) is 10.1 Å². The van der Waals surface area contributed by atoms with Gasteiger partial charge < -0.3 is 25.7 Å². The highest BCUT2D eigenvalue weighted by atomic mass is 32.1. The summed E-state index contributed by atoms with van der Waals surface area (Å²) in [5, 5.41) is 20.8. The number of nitrogens with zero attached hydrogens (tertiary/aromatic N) is 3. The quantitative estimate of drug-likeness (QED) is 0.239. The lowest BCUT2D eigenvalue weighted by Crippen LogP contribution is -2.24. The number of aliphatic hydroxyl groups is 1. The zero-order chi connectivity index (χ0) is 22.9. The third-order valence-electron chi connectivity index (χ3n) is 5.27. The van der Waals surface area contributed by atoms with E-state index >= 15 is 0 Å². The van der Waals surface area contributed by atoms with Gasteiger partial charge in [0.15, 0.2) is 5.65 Å². The summed E-state index contributed by atoms with van der Waals surface area (Å²) in [6.45, 7) is 4.31. The van der Waals surface area contributed by atoms with Crippen LogP contribution in [0.1, 0.15) is 34.5 Å². The lowest BCUT2D eigenvalue weighted by molar-refractivity contribution is 0.0955. The van der Waals surface area contributed by atoms with Crippen LogP contribution >= 0.6 is 11.3 Å². The van der Waals surface area contributed by atoms with E-state index in [1.807, 2.05) is 12.1 Å². The normalized spacial score (nSPS) is 14.2. The summed E-state index contributed by atoms with van der Waals surface area (Å²) in [5.74, 6) is 0.645. The third kappa shape index (κ3) is 4.45. The molecule has 0 saturated heterocycles. The van der Waals surface area contributed by atoms with Crippen LogP contribution in [0.25, 0.3) is 28.9 Å². The summed E-state index contributed by atoms with van der Waals surface area (Å²) in [6.07, 6.45) is 6.20. The number of rotatable bonds is 8. The smallest absolute Gasteiger partial charge is 0.323 e. The van der Waals surface area contributed by atoms with Gasteiger partial charge in [-0.2, -0.15) is 9.61 Å². The minimum Gasteiger partial charge on any atom is -0.396 e. The minimum absolute atomic E-state index is 0.0353. The van der Waals surface area contributed by atoms with E-state index in [0.717, 1.165) is 34.8 Å². The third-order valence-corrected chi connectivity index (χ3v) is 6.38. The number of aromatic amines is 2. The number of fused-ring (bicyclic) bond motifs is 1. The van der Waals surface area contributed by atoms with Gasteiger partial charge in [0.2, 0.25) is 0 Å². The number of carbonyl (C=O) groups excluding carboxylic acids is 1. The molecule has 5 rings (SSSR count). The fraction of sp³-hybridized carbons (Fsp3) is 0.273. The molecule has 1 aliphatic rings. The predicted octanol–water partition coefficient (Wildman–Crippen LogP) is 0.400. The van der Waals surface area contributed by atoms with Crippen LogP contribution in [0.3, 0.4) is 0 Å². The highest BCUT2D eigenvalue weighted by Gasteiger charge is 2.23. The zero-order valence-electron chi connectivity index (χ0n) is 17.7. The molecule has 1 saturated carbocycles. The predicted molar refractivity (Wildman–Crippen MR) is 127 cm³/mol. The number of thiophene rings is 1. The average Bonchev–Trinajstić information content (AvgIpc) is 3.18. The van der Waals surface area contributed by atoms with Gasteiger partial charge in [0.25, 0.3) is 5.91 Å². The maximum atomic E-state index is 12.4. The number of imidazole rings is 1. The topological polar surface area (TPSA) is 140 Å². The summed E-state index contributed by atoms with van der Waals surface area (Å²) >= 11 is 1.35. The molecule has 5 N–H and O–H groups in total. The molecule has 4 heterocycles. The van der Waals surface area contributed by atoms with Gasteiger partial charge in [-0.25, -0.2) is 9.78 Å². The molecule has 0 aromatic carbocycles. The minimum atomic E-state index is -0.323. The molecule has 0 bridgehead atoms. The molecule has 0 aliphatic heterocycles. The number of hydrogen-bond donors (Lipinski definition) is 5. The fourth-order valence-electron chi connectivity index (χ4n) is 3.43. The number of aromatic nitrogens is 5. The lowest BCUT2D eigenvalue weighted by atomic mass is 10.2. The molecule has 0 atom stereocenters. The standard InChI is InChI=1S/C22H23N7O3S/c1-12-15(28-22(32)25-12)9-13-11-24-29-19(26-14-3-4-14)10-16(27-20(13)29)17-5-6-18(33-17)21(31)23-7-2-8-30/h5-6,9-11,14,26,30H,1-4,7-8H2,(H,23,31)(H2,25,28,32)/b15-9-. The first-order valence-corrected chi connectivity index (χ1v) is 11.5. The van der Waals surface area contributed by atoms with Gasteiger partial charge >= 0.3 is 5.69 Å². The van der Waals surface area contributed by atoms with E-state index in [-0.39, 0.29) is 18.2 Å². The Hall–Kier alpha value is -3.70. The molecular weight excluding hydrogens is 442 g/mol. The largest absolute Gasteiger partial charge is 0.396 e. The van der Waals surface area contributed by atoms with Crippen molar-refractivity contribution in [3.63, 3.8) is 0 Å². The molecule has 11 heteroatoms. The first kappa shape index (κ1) is 21.2. The van der Waals surface area contributed by atoms with Crippen molar-refractivity contribution < 1.29 is 9.90 Å². The van der Waals surface area contributed by atoms with Gasteiger partial charge in [-0.05, 0) is 37.5 Å². The number of hydrogen-bond acceptors (Lipinski definition) is 7. The molecule has 33 heavy (non-hydrogen) atoms. The van der Waals surface area contributed by atoms with Gasteiger partial charge in [0.05, 0.1) is 32.3 Å². The molecule has 0 spiro atoms. The van der Waals surface area contributed by atoms with E-state index < -0.39 is 0 Å². The Kier molecular flexibility index (Phi) is 5.56. The Morgan fingerprint density at radius 1 is 1.36 bits per heavy atom. The second kappa shape index (κ2) is 8.68. The van der Waals surface area contributed by atoms with E-state index in [2.05, 4.69) is 32.3 Å². The summed E-state index contributed by atoms with van der Waals surface area (Å²) in [7, 11) is 0. The molecule has 170 valence electrons. The Morgan fingerprint density at radius 3 is 2.94 bits per heavy atom. The maximum absolute atomic E-state index is 12.4. The molecule has 0 unspecified atom stereocenters. The molecule has 0 radical (unpaired) electrons. The van der Waals surface area contributed by atoms with Crippen LogP contribution in [0.5, 0.6) is 0 Å². The van der Waals surface area contributed by atoms with E-state index in [0.29, 0.717) is 40.2 Å². The van der Waals surface area contributed by atoms with Gasteiger partial charge in [-0.1, -0.05) is 6.58 Å². The first-order chi connectivity index (χ1) is 16.0. The molecule has 10 nitrogen and oxygen atoms in total. The summed E-state index contributed by atoms with van der Waals surface area (Å²) < 4.78 is 1.75. The summed E-state index contributed by atoms with van der Waals surface area (Å²) in [5.41, 5.74) is 1.75. The highest BCUT2D eigenvalue weighted by molar-refractivity contribution is 7.17. The Bertz CT molecular complexity index is 1490. The molecular formula is C22H23N7O3S. The van der Waals surface area contributed by atoms with Crippen LogP contribution in [-0.2, 0) is 0 Å². The monoisotopic (exact) mass is 465 g/mol. The summed E-state index contributed by atoms with van der Waals surface area (Å²) in [6, 6.07) is 6.00. The second-order valence-electron chi connectivity index (χ2n) is 7.89. The Balaban J connectivity index is 1.56.